The molecule has 0 saturated carbocycles. The molecule has 0 aliphatic heterocycles. The maximum atomic E-state index is 13.6. The number of sulfonamides is 1. The Morgan fingerprint density at radius 1 is 1.00 bits per heavy atom. The Balaban J connectivity index is 1.68. The third kappa shape index (κ3) is 6.18. The van der Waals surface area contributed by atoms with E-state index in [1.165, 1.54) is 12.1 Å². The maximum Gasteiger partial charge on any atom is 0.262 e. The topological polar surface area (TPSA) is 78.5 Å². The summed E-state index contributed by atoms with van der Waals surface area (Å²) in [6.45, 7) is 3.86. The molecule has 0 heterocycles. The van der Waals surface area contributed by atoms with Crippen LogP contribution in [0.25, 0.3) is 0 Å². The van der Waals surface area contributed by atoms with E-state index in [2.05, 4.69) is 10.0 Å². The first-order chi connectivity index (χ1) is 15.6. The molecule has 0 bridgehead atoms. The lowest BCUT2D eigenvalue weighted by Crippen LogP contribution is -2.34. The molecule has 3 aromatic carbocycles. The standard InChI is InChI=1S/C25H28FN3O3S/c1-17-8-9-18(2)24(14-17)33(31,32)28-22-12-10-19(11-13-22)25(30)27-16-23(29(3)4)20-6-5-7-21(26)15-20/h5-15,23,28H,16H2,1-4H3,(H,27,30). The van der Waals surface area contributed by atoms with E-state index in [0.29, 0.717) is 16.8 Å². The molecule has 1 amide bonds. The van der Waals surface area contributed by atoms with Gasteiger partial charge in [0.15, 0.2) is 0 Å². The average Bonchev–Trinajstić information content (AvgIpc) is 2.75. The van der Waals surface area contributed by atoms with Crippen LogP contribution in [0.4, 0.5) is 10.1 Å². The summed E-state index contributed by atoms with van der Waals surface area (Å²) >= 11 is 0. The highest BCUT2D eigenvalue weighted by Gasteiger charge is 2.19. The summed E-state index contributed by atoms with van der Waals surface area (Å²) in [5.41, 5.74) is 3.01. The first-order valence-electron chi connectivity index (χ1n) is 10.5. The maximum absolute atomic E-state index is 13.6. The molecule has 0 spiro atoms. The number of carbonyl (C=O) groups excluding carboxylic acids is 1. The molecule has 8 heteroatoms. The number of carbonyl (C=O) groups is 1. The number of nitrogens with one attached hydrogen (secondary N) is 2. The fourth-order valence-electron chi connectivity index (χ4n) is 3.50. The monoisotopic (exact) mass is 469 g/mol. The van der Waals surface area contributed by atoms with Gasteiger partial charge in [-0.1, -0.05) is 24.3 Å². The van der Waals surface area contributed by atoms with Crippen LogP contribution >= 0.6 is 0 Å². The molecule has 0 aliphatic rings. The fourth-order valence-corrected chi connectivity index (χ4v) is 4.89. The van der Waals surface area contributed by atoms with Gasteiger partial charge >= 0.3 is 0 Å². The van der Waals surface area contributed by atoms with Crippen molar-refractivity contribution in [3.05, 3.63) is 94.8 Å². The summed E-state index contributed by atoms with van der Waals surface area (Å²) < 4.78 is 41.7. The summed E-state index contributed by atoms with van der Waals surface area (Å²) in [4.78, 5) is 14.7. The van der Waals surface area contributed by atoms with E-state index in [1.807, 2.05) is 38.1 Å². The van der Waals surface area contributed by atoms with Crippen molar-refractivity contribution >= 4 is 21.6 Å². The molecular formula is C25H28FN3O3S. The zero-order chi connectivity index (χ0) is 24.2. The van der Waals surface area contributed by atoms with Gasteiger partial charge in [-0.3, -0.25) is 9.52 Å². The Morgan fingerprint density at radius 2 is 1.70 bits per heavy atom. The largest absolute Gasteiger partial charge is 0.350 e. The van der Waals surface area contributed by atoms with Gasteiger partial charge in [0.1, 0.15) is 5.82 Å². The average molecular weight is 470 g/mol. The molecule has 6 nitrogen and oxygen atoms in total. The van der Waals surface area contributed by atoms with Gasteiger partial charge in [0.2, 0.25) is 0 Å². The number of likely N-dealkylation sites (N-methyl/N-ethyl adjacent to an activating group) is 1. The van der Waals surface area contributed by atoms with Crippen molar-refractivity contribution < 1.29 is 17.6 Å². The van der Waals surface area contributed by atoms with Crippen LogP contribution in [0.1, 0.15) is 33.1 Å². The molecule has 33 heavy (non-hydrogen) atoms. The van der Waals surface area contributed by atoms with Crippen LogP contribution in [0.2, 0.25) is 0 Å². The molecule has 1 unspecified atom stereocenters. The number of aryl methyl sites for hydroxylation is 2. The molecule has 0 aliphatic carbocycles. The smallest absolute Gasteiger partial charge is 0.262 e. The number of rotatable bonds is 8. The second-order valence-corrected chi connectivity index (χ2v) is 9.85. The Bertz CT molecular complexity index is 1240. The summed E-state index contributed by atoms with van der Waals surface area (Å²) in [5.74, 6) is -0.633. The molecule has 1 atom stereocenters. The van der Waals surface area contributed by atoms with Crippen LogP contribution in [0.3, 0.4) is 0 Å². The lowest BCUT2D eigenvalue weighted by atomic mass is 10.1. The predicted octanol–water partition coefficient (Wildman–Crippen LogP) is 4.28. The molecule has 0 saturated heterocycles. The third-order valence-corrected chi connectivity index (χ3v) is 6.87. The van der Waals surface area contributed by atoms with E-state index in [4.69, 9.17) is 0 Å². The van der Waals surface area contributed by atoms with Crippen LogP contribution < -0.4 is 10.0 Å². The van der Waals surface area contributed by atoms with Gasteiger partial charge in [-0.05, 0) is 87.1 Å². The quantitative estimate of drug-likeness (QED) is 0.516. The van der Waals surface area contributed by atoms with Gasteiger partial charge in [0, 0.05) is 17.8 Å². The summed E-state index contributed by atoms with van der Waals surface area (Å²) in [7, 11) is -0.0321. The van der Waals surface area contributed by atoms with Crippen molar-refractivity contribution in [2.24, 2.45) is 0 Å². The predicted molar refractivity (Wildman–Crippen MR) is 128 cm³/mol. The summed E-state index contributed by atoms with van der Waals surface area (Å²) in [6.07, 6.45) is 0. The molecule has 174 valence electrons. The highest BCUT2D eigenvalue weighted by Crippen LogP contribution is 2.22. The minimum absolute atomic E-state index is 0.201. The number of halogens is 1. The van der Waals surface area contributed by atoms with Crippen LogP contribution in [0, 0.1) is 19.7 Å². The highest BCUT2D eigenvalue weighted by molar-refractivity contribution is 7.92. The van der Waals surface area contributed by atoms with Crippen molar-refractivity contribution in [1.29, 1.82) is 0 Å². The normalized spacial score (nSPS) is 12.4. The molecule has 0 aromatic heterocycles. The Labute approximate surface area is 194 Å². The van der Waals surface area contributed by atoms with E-state index >= 15 is 0 Å². The molecule has 3 rings (SSSR count). The van der Waals surface area contributed by atoms with Gasteiger partial charge in [-0.15, -0.1) is 0 Å². The SMILES string of the molecule is Cc1ccc(C)c(S(=O)(=O)Nc2ccc(C(=O)NCC(c3cccc(F)c3)N(C)C)cc2)c1. The van der Waals surface area contributed by atoms with Crippen molar-refractivity contribution in [2.75, 3.05) is 25.4 Å². The van der Waals surface area contributed by atoms with Gasteiger partial charge in [0.25, 0.3) is 15.9 Å². The second kappa shape index (κ2) is 10.1. The van der Waals surface area contributed by atoms with E-state index in [0.717, 1.165) is 11.1 Å². The van der Waals surface area contributed by atoms with E-state index < -0.39 is 10.0 Å². The van der Waals surface area contributed by atoms with Gasteiger partial charge in [-0.2, -0.15) is 0 Å². The van der Waals surface area contributed by atoms with Gasteiger partial charge < -0.3 is 10.2 Å². The fraction of sp³-hybridized carbons (Fsp3) is 0.240. The van der Waals surface area contributed by atoms with Gasteiger partial charge in [0.05, 0.1) is 10.9 Å². The van der Waals surface area contributed by atoms with Crippen molar-refractivity contribution in [1.82, 2.24) is 10.2 Å². The lowest BCUT2D eigenvalue weighted by molar-refractivity contribution is 0.0942. The van der Waals surface area contributed by atoms with E-state index in [9.17, 15) is 17.6 Å². The minimum Gasteiger partial charge on any atom is -0.350 e. The van der Waals surface area contributed by atoms with Crippen molar-refractivity contribution in [2.45, 2.75) is 24.8 Å². The number of hydrogen-bond donors (Lipinski definition) is 2. The first kappa shape index (κ1) is 24.4. The number of benzene rings is 3. The van der Waals surface area contributed by atoms with Crippen LogP contribution in [0.15, 0.2) is 71.6 Å². The van der Waals surface area contributed by atoms with Crippen LogP contribution in [-0.4, -0.2) is 39.9 Å². The number of hydrogen-bond acceptors (Lipinski definition) is 4. The zero-order valence-corrected chi connectivity index (χ0v) is 19.9. The zero-order valence-electron chi connectivity index (χ0n) is 19.1. The Hall–Kier alpha value is -3.23. The van der Waals surface area contributed by atoms with E-state index in [1.54, 1.807) is 49.4 Å². The van der Waals surface area contributed by atoms with Crippen molar-refractivity contribution in [3.8, 4) is 0 Å². The summed E-state index contributed by atoms with van der Waals surface area (Å²) in [5, 5.41) is 2.86. The lowest BCUT2D eigenvalue weighted by Gasteiger charge is -2.25. The molecule has 0 fully saturated rings. The van der Waals surface area contributed by atoms with E-state index in [-0.39, 0.29) is 29.2 Å². The Kier molecular flexibility index (Phi) is 7.50. The molecule has 2 N–H and O–H groups in total. The highest BCUT2D eigenvalue weighted by atomic mass is 32.2. The molecule has 0 radical (unpaired) electrons. The number of amides is 1. The molecule has 3 aromatic rings. The van der Waals surface area contributed by atoms with Crippen molar-refractivity contribution in [3.63, 3.8) is 0 Å². The Morgan fingerprint density at radius 3 is 2.33 bits per heavy atom. The van der Waals surface area contributed by atoms with Crippen LogP contribution in [0.5, 0.6) is 0 Å². The minimum atomic E-state index is -3.75. The van der Waals surface area contributed by atoms with Crippen LogP contribution in [-0.2, 0) is 10.0 Å². The summed E-state index contributed by atoms with van der Waals surface area (Å²) in [6, 6.07) is 17.6. The number of nitrogens with zero attached hydrogens (tertiary/aromatic N) is 1. The first-order valence-corrected chi connectivity index (χ1v) is 12.0. The number of anilines is 1. The van der Waals surface area contributed by atoms with Gasteiger partial charge in [-0.25, -0.2) is 12.8 Å². The third-order valence-electron chi connectivity index (χ3n) is 5.35. The molecular weight excluding hydrogens is 441 g/mol. The second-order valence-electron chi connectivity index (χ2n) is 8.20.